The summed E-state index contributed by atoms with van der Waals surface area (Å²) >= 11 is 0. The second-order valence-corrected chi connectivity index (χ2v) is 6.38. The highest BCUT2D eigenvalue weighted by Crippen LogP contribution is 2.22. The Morgan fingerprint density at radius 1 is 0.964 bits per heavy atom. The van der Waals surface area contributed by atoms with Crippen LogP contribution in [0.25, 0.3) is 0 Å². The summed E-state index contributed by atoms with van der Waals surface area (Å²) in [5.74, 6) is -0.835. The van der Waals surface area contributed by atoms with Crippen molar-refractivity contribution in [2.24, 2.45) is 0 Å². The maximum absolute atomic E-state index is 13.9. The van der Waals surface area contributed by atoms with Crippen LogP contribution in [0.15, 0.2) is 48.5 Å². The minimum absolute atomic E-state index is 0.110. The van der Waals surface area contributed by atoms with Crippen LogP contribution in [0.1, 0.15) is 10.5 Å². The van der Waals surface area contributed by atoms with Crippen molar-refractivity contribution >= 4 is 23.1 Å². The molecule has 0 atom stereocenters. The molecule has 1 aliphatic rings. The Hall–Kier alpha value is -3.49. The van der Waals surface area contributed by atoms with E-state index in [4.69, 9.17) is 0 Å². The lowest BCUT2D eigenvalue weighted by atomic mass is 10.2. The molecule has 0 aliphatic carbocycles. The zero-order valence-electron chi connectivity index (χ0n) is 14.9. The Balaban J connectivity index is 1.43. The number of nitrogens with one attached hydrogen (secondary N) is 2. The number of rotatable bonds is 4. The summed E-state index contributed by atoms with van der Waals surface area (Å²) in [4.78, 5) is 16.6. The number of anilines is 3. The van der Waals surface area contributed by atoms with Gasteiger partial charge in [0.25, 0.3) is 5.91 Å². The predicted octanol–water partition coefficient (Wildman–Crippen LogP) is 2.79. The van der Waals surface area contributed by atoms with Crippen LogP contribution < -0.4 is 10.2 Å². The van der Waals surface area contributed by atoms with Crippen LogP contribution in [-0.2, 0) is 0 Å². The van der Waals surface area contributed by atoms with Crippen molar-refractivity contribution in [1.29, 1.82) is 0 Å². The first-order chi connectivity index (χ1) is 13.6. The molecule has 9 heteroatoms. The van der Waals surface area contributed by atoms with Gasteiger partial charge in [0.1, 0.15) is 11.6 Å². The van der Waals surface area contributed by atoms with E-state index in [9.17, 15) is 13.6 Å². The average Bonchev–Trinajstić information content (AvgIpc) is 3.18. The molecule has 1 amide bonds. The van der Waals surface area contributed by atoms with Gasteiger partial charge in [-0.2, -0.15) is 5.21 Å². The molecule has 7 nitrogen and oxygen atoms in total. The number of piperazine rings is 1. The molecule has 1 saturated heterocycles. The number of amides is 1. The van der Waals surface area contributed by atoms with Gasteiger partial charge in [0.2, 0.25) is 0 Å². The normalized spacial score (nSPS) is 14.2. The van der Waals surface area contributed by atoms with Gasteiger partial charge in [0.05, 0.1) is 5.69 Å². The van der Waals surface area contributed by atoms with E-state index in [1.807, 2.05) is 0 Å². The van der Waals surface area contributed by atoms with E-state index >= 15 is 0 Å². The van der Waals surface area contributed by atoms with Gasteiger partial charge in [-0.15, -0.1) is 10.2 Å². The number of hydrogen-bond acceptors (Lipinski definition) is 5. The van der Waals surface area contributed by atoms with E-state index in [1.165, 1.54) is 18.2 Å². The Morgan fingerprint density at radius 2 is 1.68 bits per heavy atom. The minimum Gasteiger partial charge on any atom is -0.368 e. The molecule has 28 heavy (non-hydrogen) atoms. The number of benzene rings is 2. The second kappa shape index (κ2) is 7.63. The average molecular weight is 384 g/mol. The van der Waals surface area contributed by atoms with Crippen LogP contribution in [-0.4, -0.2) is 52.4 Å². The number of halogens is 2. The lowest BCUT2D eigenvalue weighted by Gasteiger charge is -2.35. The van der Waals surface area contributed by atoms with Gasteiger partial charge < -0.3 is 15.1 Å². The maximum atomic E-state index is 13.9. The Bertz CT molecular complexity index is 967. The fourth-order valence-electron chi connectivity index (χ4n) is 3.13. The Kier molecular flexibility index (Phi) is 4.88. The van der Waals surface area contributed by atoms with Crippen molar-refractivity contribution in [2.75, 3.05) is 36.4 Å². The van der Waals surface area contributed by atoms with Crippen LogP contribution in [0.5, 0.6) is 0 Å². The number of carbonyl (C=O) groups excluding carboxylic acids is 1. The van der Waals surface area contributed by atoms with E-state index in [0.717, 1.165) is 5.69 Å². The highest BCUT2D eigenvalue weighted by Gasteiger charge is 2.27. The summed E-state index contributed by atoms with van der Waals surface area (Å²) in [5.41, 5.74) is 1.24. The molecule has 3 aromatic rings. The standard InChI is InChI=1S/C19H18F2N6O/c20-13-5-7-14(8-6-13)26-9-11-27(12-10-26)19(28)17-18(24-25-23-17)22-16-4-2-1-3-15(16)21/h1-8H,9-12H2,(H2,22,23,24,25). The maximum Gasteiger partial charge on any atom is 0.278 e. The van der Waals surface area contributed by atoms with E-state index in [0.29, 0.717) is 26.2 Å². The van der Waals surface area contributed by atoms with Gasteiger partial charge in [-0.3, -0.25) is 4.79 Å². The van der Waals surface area contributed by atoms with Crippen molar-refractivity contribution in [2.45, 2.75) is 0 Å². The van der Waals surface area contributed by atoms with Gasteiger partial charge in [-0.25, -0.2) is 8.78 Å². The molecule has 2 aromatic carbocycles. The lowest BCUT2D eigenvalue weighted by molar-refractivity contribution is 0.0742. The summed E-state index contributed by atoms with van der Waals surface area (Å²) in [5, 5.41) is 13.1. The topological polar surface area (TPSA) is 77.1 Å². The largest absolute Gasteiger partial charge is 0.368 e. The Labute approximate surface area is 160 Å². The van der Waals surface area contributed by atoms with Crippen molar-refractivity contribution in [3.05, 3.63) is 65.9 Å². The number of carbonyl (C=O) groups is 1. The monoisotopic (exact) mass is 384 g/mol. The number of aromatic amines is 1. The molecule has 4 rings (SSSR count). The molecule has 0 radical (unpaired) electrons. The van der Waals surface area contributed by atoms with Crippen molar-refractivity contribution in [1.82, 2.24) is 20.3 Å². The SMILES string of the molecule is O=C(c1n[nH]nc1Nc1ccccc1F)N1CCN(c2ccc(F)cc2)CC1. The molecule has 0 saturated carbocycles. The van der Waals surface area contributed by atoms with Crippen molar-refractivity contribution < 1.29 is 13.6 Å². The zero-order chi connectivity index (χ0) is 19.5. The summed E-state index contributed by atoms with van der Waals surface area (Å²) in [7, 11) is 0. The molecule has 144 valence electrons. The van der Waals surface area contributed by atoms with E-state index < -0.39 is 5.82 Å². The molecule has 1 aromatic heterocycles. The van der Waals surface area contributed by atoms with Crippen LogP contribution in [0.4, 0.5) is 26.0 Å². The number of para-hydroxylation sites is 1. The molecule has 1 fully saturated rings. The van der Waals surface area contributed by atoms with Crippen LogP contribution in [0, 0.1) is 11.6 Å². The lowest BCUT2D eigenvalue weighted by Crippen LogP contribution is -2.49. The molecule has 2 N–H and O–H groups in total. The molecule has 1 aliphatic heterocycles. The third kappa shape index (κ3) is 3.64. The molecular weight excluding hydrogens is 366 g/mol. The summed E-state index contributed by atoms with van der Waals surface area (Å²) in [6.07, 6.45) is 0. The first-order valence-electron chi connectivity index (χ1n) is 8.84. The third-order valence-electron chi connectivity index (χ3n) is 4.64. The number of H-pyrrole nitrogens is 1. The molecule has 0 unspecified atom stereocenters. The highest BCUT2D eigenvalue weighted by atomic mass is 19.1. The van der Waals surface area contributed by atoms with Crippen molar-refractivity contribution in [3.8, 4) is 0 Å². The molecule has 0 bridgehead atoms. The molecule has 2 heterocycles. The fraction of sp³-hybridized carbons (Fsp3) is 0.211. The summed E-state index contributed by atoms with van der Waals surface area (Å²) in [6.45, 7) is 2.21. The van der Waals surface area contributed by atoms with E-state index in [1.54, 1.807) is 35.2 Å². The minimum atomic E-state index is -0.447. The fourth-order valence-corrected chi connectivity index (χ4v) is 3.13. The van der Waals surface area contributed by atoms with E-state index in [-0.39, 0.29) is 28.9 Å². The smallest absolute Gasteiger partial charge is 0.278 e. The quantitative estimate of drug-likeness (QED) is 0.723. The highest BCUT2D eigenvalue weighted by molar-refractivity contribution is 5.97. The summed E-state index contributed by atoms with van der Waals surface area (Å²) in [6, 6.07) is 12.4. The third-order valence-corrected chi connectivity index (χ3v) is 4.64. The Morgan fingerprint density at radius 3 is 2.39 bits per heavy atom. The predicted molar refractivity (Wildman–Crippen MR) is 101 cm³/mol. The van der Waals surface area contributed by atoms with Gasteiger partial charge in [0, 0.05) is 31.9 Å². The molecule has 0 spiro atoms. The van der Waals surface area contributed by atoms with Crippen LogP contribution in [0.3, 0.4) is 0 Å². The molecular formula is C19H18F2N6O. The second-order valence-electron chi connectivity index (χ2n) is 6.38. The summed E-state index contributed by atoms with van der Waals surface area (Å²) < 4.78 is 26.9. The zero-order valence-corrected chi connectivity index (χ0v) is 14.9. The van der Waals surface area contributed by atoms with Gasteiger partial charge in [-0.05, 0) is 36.4 Å². The number of nitrogens with zero attached hydrogens (tertiary/aromatic N) is 4. The van der Waals surface area contributed by atoms with E-state index in [2.05, 4.69) is 25.6 Å². The first kappa shape index (κ1) is 17.9. The van der Waals surface area contributed by atoms with Crippen LogP contribution >= 0.6 is 0 Å². The van der Waals surface area contributed by atoms with Gasteiger partial charge in [0.15, 0.2) is 11.5 Å². The van der Waals surface area contributed by atoms with Gasteiger partial charge in [-0.1, -0.05) is 12.1 Å². The van der Waals surface area contributed by atoms with Crippen molar-refractivity contribution in [3.63, 3.8) is 0 Å². The number of hydrogen-bond donors (Lipinski definition) is 2. The first-order valence-corrected chi connectivity index (χ1v) is 8.84. The number of aromatic nitrogens is 3. The van der Waals surface area contributed by atoms with Gasteiger partial charge >= 0.3 is 0 Å². The van der Waals surface area contributed by atoms with Crippen LogP contribution in [0.2, 0.25) is 0 Å².